The van der Waals surface area contributed by atoms with Crippen LogP contribution in [-0.4, -0.2) is 5.78 Å². The number of benzene rings is 3. The summed E-state index contributed by atoms with van der Waals surface area (Å²) in [6, 6.07) is 17.9. The molecule has 1 heterocycles. The van der Waals surface area contributed by atoms with E-state index in [1.54, 1.807) is 6.07 Å². The zero-order valence-electron chi connectivity index (χ0n) is 17.2. The van der Waals surface area contributed by atoms with E-state index in [0.717, 1.165) is 28.0 Å². The number of carbonyl (C=O) groups excluding carboxylic acids is 1. The molecule has 0 N–H and O–H groups in total. The fraction of sp³-hybridized carbons (Fsp3) is 0.192. The fourth-order valence-corrected chi connectivity index (χ4v) is 3.53. The molecule has 3 aromatic rings. The van der Waals surface area contributed by atoms with Gasteiger partial charge in [0, 0.05) is 5.56 Å². The Kier molecular flexibility index (Phi) is 4.98. The number of Topliss-reactive ketones (excluding diaryl/α,β-unsaturated/α-hetero) is 1. The Morgan fingerprint density at radius 3 is 2.52 bits per heavy atom. The van der Waals surface area contributed by atoms with Gasteiger partial charge in [-0.05, 0) is 68.2 Å². The summed E-state index contributed by atoms with van der Waals surface area (Å²) in [6.07, 6.45) is 1.81. The number of rotatable bonds is 4. The lowest BCUT2D eigenvalue weighted by Crippen LogP contribution is -2.00. The summed E-state index contributed by atoms with van der Waals surface area (Å²) in [5.74, 6) is 1.58. The summed E-state index contributed by atoms with van der Waals surface area (Å²) in [7, 11) is 0. The third kappa shape index (κ3) is 3.68. The van der Waals surface area contributed by atoms with Crippen LogP contribution in [0.15, 0.2) is 60.4 Å². The molecule has 146 valence electrons. The number of carbonyl (C=O) groups is 1. The van der Waals surface area contributed by atoms with E-state index in [2.05, 4.69) is 32.0 Å². The lowest BCUT2D eigenvalue weighted by atomic mass is 10.0. The Labute approximate surface area is 171 Å². The molecule has 0 spiro atoms. The van der Waals surface area contributed by atoms with Crippen LogP contribution < -0.4 is 9.47 Å². The molecule has 0 atom stereocenters. The highest BCUT2D eigenvalue weighted by atomic mass is 16.5. The first kappa shape index (κ1) is 19.0. The van der Waals surface area contributed by atoms with Gasteiger partial charge in [0.2, 0.25) is 5.78 Å². The molecule has 0 radical (unpaired) electrons. The Morgan fingerprint density at radius 2 is 1.72 bits per heavy atom. The second-order valence-electron chi connectivity index (χ2n) is 7.58. The van der Waals surface area contributed by atoms with E-state index in [9.17, 15) is 4.79 Å². The first-order valence-corrected chi connectivity index (χ1v) is 9.76. The molecule has 3 nitrogen and oxygen atoms in total. The van der Waals surface area contributed by atoms with Gasteiger partial charge in [-0.3, -0.25) is 4.79 Å². The molecule has 3 aromatic carbocycles. The summed E-state index contributed by atoms with van der Waals surface area (Å²) in [5.41, 5.74) is 7.07. The highest BCUT2D eigenvalue weighted by molar-refractivity contribution is 6.15. The molecule has 0 bridgehead atoms. The van der Waals surface area contributed by atoms with Crippen LogP contribution in [0.4, 0.5) is 0 Å². The molecule has 1 aliphatic heterocycles. The topological polar surface area (TPSA) is 35.5 Å². The van der Waals surface area contributed by atoms with Crippen LogP contribution in [0.1, 0.15) is 43.7 Å². The smallest absolute Gasteiger partial charge is 0.231 e. The van der Waals surface area contributed by atoms with Crippen molar-refractivity contribution in [3.63, 3.8) is 0 Å². The average Bonchev–Trinajstić information content (AvgIpc) is 3.02. The number of hydrogen-bond acceptors (Lipinski definition) is 3. The quantitative estimate of drug-likeness (QED) is 0.509. The maximum absolute atomic E-state index is 12.8. The van der Waals surface area contributed by atoms with Gasteiger partial charge >= 0.3 is 0 Å². The monoisotopic (exact) mass is 384 g/mol. The van der Waals surface area contributed by atoms with E-state index in [4.69, 9.17) is 9.47 Å². The predicted molar refractivity (Wildman–Crippen MR) is 116 cm³/mol. The Bertz CT molecular complexity index is 1140. The zero-order chi connectivity index (χ0) is 20.5. The highest BCUT2D eigenvalue weighted by Gasteiger charge is 2.30. The molecule has 0 unspecified atom stereocenters. The van der Waals surface area contributed by atoms with Crippen LogP contribution in [0.25, 0.3) is 6.08 Å². The SMILES string of the molecule is Cc1ccc(C)c(COc2ccc3c(c2C)O/C(=C\c2ccccc2C)C3=O)c1. The van der Waals surface area contributed by atoms with E-state index in [1.165, 1.54) is 11.1 Å². The second kappa shape index (κ2) is 7.59. The lowest BCUT2D eigenvalue weighted by molar-refractivity contribution is 0.101. The number of fused-ring (bicyclic) bond motifs is 1. The molecule has 0 saturated heterocycles. The van der Waals surface area contributed by atoms with Gasteiger partial charge in [0.05, 0.1) is 5.56 Å². The van der Waals surface area contributed by atoms with Gasteiger partial charge in [0.15, 0.2) is 5.76 Å². The van der Waals surface area contributed by atoms with Gasteiger partial charge in [-0.2, -0.15) is 0 Å². The number of hydrogen-bond donors (Lipinski definition) is 0. The van der Waals surface area contributed by atoms with E-state index >= 15 is 0 Å². The van der Waals surface area contributed by atoms with Crippen LogP contribution in [0.2, 0.25) is 0 Å². The average molecular weight is 384 g/mol. The Morgan fingerprint density at radius 1 is 0.931 bits per heavy atom. The van der Waals surface area contributed by atoms with Gasteiger partial charge in [-0.1, -0.05) is 48.0 Å². The van der Waals surface area contributed by atoms with E-state index in [-0.39, 0.29) is 5.78 Å². The molecule has 0 aliphatic carbocycles. The van der Waals surface area contributed by atoms with Crippen molar-refractivity contribution < 1.29 is 14.3 Å². The van der Waals surface area contributed by atoms with Crippen molar-refractivity contribution in [2.75, 3.05) is 0 Å². The van der Waals surface area contributed by atoms with Gasteiger partial charge in [-0.25, -0.2) is 0 Å². The summed E-state index contributed by atoms with van der Waals surface area (Å²) < 4.78 is 12.1. The summed E-state index contributed by atoms with van der Waals surface area (Å²) in [4.78, 5) is 12.8. The van der Waals surface area contributed by atoms with Crippen LogP contribution in [0.5, 0.6) is 11.5 Å². The van der Waals surface area contributed by atoms with Crippen molar-refractivity contribution in [3.05, 3.63) is 99.3 Å². The first-order valence-electron chi connectivity index (χ1n) is 9.76. The second-order valence-corrected chi connectivity index (χ2v) is 7.58. The molecule has 0 fully saturated rings. The van der Waals surface area contributed by atoms with Crippen LogP contribution in [-0.2, 0) is 6.61 Å². The number of aryl methyl sites for hydroxylation is 3. The van der Waals surface area contributed by atoms with Crippen molar-refractivity contribution in [2.45, 2.75) is 34.3 Å². The van der Waals surface area contributed by atoms with Crippen LogP contribution in [0, 0.1) is 27.7 Å². The van der Waals surface area contributed by atoms with Gasteiger partial charge in [0.1, 0.15) is 18.1 Å². The lowest BCUT2D eigenvalue weighted by Gasteiger charge is -2.13. The summed E-state index contributed by atoms with van der Waals surface area (Å²) in [6.45, 7) is 8.58. The van der Waals surface area contributed by atoms with Gasteiger partial charge in [0.25, 0.3) is 0 Å². The van der Waals surface area contributed by atoms with E-state index in [0.29, 0.717) is 23.7 Å². The summed E-state index contributed by atoms with van der Waals surface area (Å²) in [5, 5.41) is 0. The maximum Gasteiger partial charge on any atom is 0.231 e. The molecule has 0 aromatic heterocycles. The molecule has 1 aliphatic rings. The Hall–Kier alpha value is -3.33. The number of ether oxygens (including phenoxy) is 2. The van der Waals surface area contributed by atoms with Crippen molar-refractivity contribution in [1.29, 1.82) is 0 Å². The first-order chi connectivity index (χ1) is 13.9. The summed E-state index contributed by atoms with van der Waals surface area (Å²) >= 11 is 0. The minimum Gasteiger partial charge on any atom is -0.488 e. The van der Waals surface area contributed by atoms with Crippen molar-refractivity contribution in [2.24, 2.45) is 0 Å². The third-order valence-corrected chi connectivity index (χ3v) is 5.40. The zero-order valence-corrected chi connectivity index (χ0v) is 17.2. The molecule has 3 heteroatoms. The molecule has 0 amide bonds. The normalized spacial score (nSPS) is 14.1. The van der Waals surface area contributed by atoms with Crippen molar-refractivity contribution >= 4 is 11.9 Å². The van der Waals surface area contributed by atoms with Crippen molar-refractivity contribution in [1.82, 2.24) is 0 Å². The minimum atomic E-state index is -0.0903. The number of allylic oxidation sites excluding steroid dienone is 1. The van der Waals surface area contributed by atoms with Gasteiger partial charge in [-0.15, -0.1) is 0 Å². The van der Waals surface area contributed by atoms with Crippen LogP contribution >= 0.6 is 0 Å². The molecular formula is C26H24O3. The maximum atomic E-state index is 12.8. The van der Waals surface area contributed by atoms with E-state index < -0.39 is 0 Å². The highest BCUT2D eigenvalue weighted by Crippen LogP contribution is 2.39. The van der Waals surface area contributed by atoms with Gasteiger partial charge < -0.3 is 9.47 Å². The molecule has 29 heavy (non-hydrogen) atoms. The molecular weight excluding hydrogens is 360 g/mol. The van der Waals surface area contributed by atoms with Crippen molar-refractivity contribution in [3.8, 4) is 11.5 Å². The third-order valence-electron chi connectivity index (χ3n) is 5.40. The molecule has 0 saturated carbocycles. The minimum absolute atomic E-state index is 0.0903. The largest absolute Gasteiger partial charge is 0.488 e. The van der Waals surface area contributed by atoms with E-state index in [1.807, 2.05) is 50.3 Å². The predicted octanol–water partition coefficient (Wildman–Crippen LogP) is 6.12. The standard InChI is InChI=1S/C26H24O3/c1-16-9-10-18(3)21(13-16)15-28-23-12-11-22-25(27)24(29-26(22)19(23)4)14-20-8-6-5-7-17(20)2/h5-14H,15H2,1-4H3/b24-14-. The fourth-order valence-electron chi connectivity index (χ4n) is 3.53. The number of ketones is 1. The Balaban J connectivity index is 1.60. The van der Waals surface area contributed by atoms with Crippen LogP contribution in [0.3, 0.4) is 0 Å². The molecule has 4 rings (SSSR count).